The predicted molar refractivity (Wildman–Crippen MR) is 92.6 cm³/mol. The Kier molecular flexibility index (Phi) is 5.94. The zero-order valence-electron chi connectivity index (χ0n) is 14.2. The largest absolute Gasteiger partial charge is 0.493 e. The smallest absolute Gasteiger partial charge is 0.262 e. The Balaban J connectivity index is 2.02. The van der Waals surface area contributed by atoms with Gasteiger partial charge in [-0.25, -0.2) is 4.39 Å². The highest BCUT2D eigenvalue weighted by Gasteiger charge is 2.11. The Bertz CT molecular complexity index is 793. The van der Waals surface area contributed by atoms with Gasteiger partial charge in [-0.05, 0) is 42.8 Å². The van der Waals surface area contributed by atoms with Crippen LogP contribution in [0.2, 0.25) is 0 Å². The average Bonchev–Trinajstić information content (AvgIpc) is 2.56. The molecule has 0 aliphatic heterocycles. The van der Waals surface area contributed by atoms with Gasteiger partial charge >= 0.3 is 0 Å². The summed E-state index contributed by atoms with van der Waals surface area (Å²) in [5.74, 6) is -0.530. The first-order chi connectivity index (χ1) is 11.9. The molecule has 0 spiro atoms. The van der Waals surface area contributed by atoms with E-state index >= 15 is 0 Å². The molecular formula is C18H19FN2O4. The van der Waals surface area contributed by atoms with Gasteiger partial charge < -0.3 is 20.1 Å². The minimum atomic E-state index is -0.615. The molecule has 2 amide bonds. The average molecular weight is 346 g/mol. The highest BCUT2D eigenvalue weighted by atomic mass is 19.1. The number of carbonyl (C=O) groups is 2. The maximum atomic E-state index is 13.8. The highest BCUT2D eigenvalue weighted by molar-refractivity contribution is 5.94. The third-order valence-electron chi connectivity index (χ3n) is 3.24. The van der Waals surface area contributed by atoms with Gasteiger partial charge in [0.2, 0.25) is 5.91 Å². The maximum Gasteiger partial charge on any atom is 0.262 e. The van der Waals surface area contributed by atoms with Crippen molar-refractivity contribution in [1.82, 2.24) is 0 Å². The number of aryl methyl sites for hydroxylation is 1. The van der Waals surface area contributed by atoms with E-state index in [1.165, 1.54) is 26.2 Å². The number of carbonyl (C=O) groups excluding carboxylic acids is 2. The predicted octanol–water partition coefficient (Wildman–Crippen LogP) is 3.12. The van der Waals surface area contributed by atoms with Crippen LogP contribution in [0.15, 0.2) is 36.4 Å². The van der Waals surface area contributed by atoms with E-state index in [-0.39, 0.29) is 18.2 Å². The number of benzene rings is 2. The second-order valence-electron chi connectivity index (χ2n) is 5.37. The number of nitrogens with one attached hydrogen (secondary N) is 2. The number of amides is 2. The third-order valence-corrected chi connectivity index (χ3v) is 3.24. The molecule has 0 radical (unpaired) electrons. The van der Waals surface area contributed by atoms with Crippen LogP contribution < -0.4 is 20.1 Å². The van der Waals surface area contributed by atoms with Crippen LogP contribution in [0, 0.1) is 12.7 Å². The summed E-state index contributed by atoms with van der Waals surface area (Å²) < 4.78 is 24.4. The lowest BCUT2D eigenvalue weighted by Crippen LogP contribution is -2.21. The molecule has 132 valence electrons. The van der Waals surface area contributed by atoms with Gasteiger partial charge in [0.05, 0.1) is 12.8 Å². The molecule has 0 heterocycles. The Hall–Kier alpha value is -3.09. The molecule has 0 aromatic heterocycles. The summed E-state index contributed by atoms with van der Waals surface area (Å²) in [5.41, 5.74) is 1.33. The maximum absolute atomic E-state index is 13.8. The highest BCUT2D eigenvalue weighted by Crippen LogP contribution is 2.27. The summed E-state index contributed by atoms with van der Waals surface area (Å²) in [6.07, 6.45) is 0. The molecule has 2 aromatic rings. The number of hydrogen-bond donors (Lipinski definition) is 2. The zero-order valence-corrected chi connectivity index (χ0v) is 14.2. The number of hydrogen-bond acceptors (Lipinski definition) is 4. The van der Waals surface area contributed by atoms with Crippen molar-refractivity contribution in [3.05, 3.63) is 47.8 Å². The summed E-state index contributed by atoms with van der Waals surface area (Å²) in [6, 6.07) is 9.20. The van der Waals surface area contributed by atoms with Crippen molar-refractivity contribution in [2.24, 2.45) is 0 Å². The molecule has 2 rings (SSSR count). The Morgan fingerprint density at radius 1 is 1.08 bits per heavy atom. The fraction of sp³-hybridized carbons (Fsp3) is 0.222. The fourth-order valence-electron chi connectivity index (χ4n) is 2.13. The Morgan fingerprint density at radius 2 is 1.84 bits per heavy atom. The monoisotopic (exact) mass is 346 g/mol. The van der Waals surface area contributed by atoms with Crippen LogP contribution in [0.25, 0.3) is 0 Å². The summed E-state index contributed by atoms with van der Waals surface area (Å²) in [5, 5.41) is 4.93. The van der Waals surface area contributed by atoms with Crippen molar-refractivity contribution in [2.75, 3.05) is 24.4 Å². The van der Waals surface area contributed by atoms with E-state index in [4.69, 9.17) is 9.47 Å². The fourth-order valence-corrected chi connectivity index (χ4v) is 2.13. The Labute approximate surface area is 144 Å². The summed E-state index contributed by atoms with van der Waals surface area (Å²) in [4.78, 5) is 23.1. The number of methoxy groups -OCH3 is 1. The van der Waals surface area contributed by atoms with Crippen LogP contribution in [0.3, 0.4) is 0 Å². The topological polar surface area (TPSA) is 76.7 Å². The van der Waals surface area contributed by atoms with Crippen molar-refractivity contribution >= 4 is 23.2 Å². The molecular weight excluding hydrogens is 327 g/mol. The SMILES string of the molecule is COc1cc(C)ccc1OCC(=O)Nc1cc(NC(C)=O)ccc1F. The van der Waals surface area contributed by atoms with E-state index in [9.17, 15) is 14.0 Å². The first-order valence-corrected chi connectivity index (χ1v) is 7.53. The van der Waals surface area contributed by atoms with Crippen molar-refractivity contribution in [3.63, 3.8) is 0 Å². The molecule has 0 unspecified atom stereocenters. The van der Waals surface area contributed by atoms with Crippen molar-refractivity contribution in [3.8, 4) is 11.5 Å². The zero-order chi connectivity index (χ0) is 18.4. The molecule has 0 saturated carbocycles. The number of anilines is 2. The second kappa shape index (κ2) is 8.14. The van der Waals surface area contributed by atoms with E-state index in [2.05, 4.69) is 10.6 Å². The first kappa shape index (κ1) is 18.3. The molecule has 0 bridgehead atoms. The second-order valence-corrected chi connectivity index (χ2v) is 5.37. The van der Waals surface area contributed by atoms with Gasteiger partial charge in [0.15, 0.2) is 18.1 Å². The normalized spacial score (nSPS) is 10.1. The van der Waals surface area contributed by atoms with Crippen molar-refractivity contribution in [2.45, 2.75) is 13.8 Å². The molecule has 6 nitrogen and oxygen atoms in total. The molecule has 0 atom stereocenters. The molecule has 0 aliphatic rings. The van der Waals surface area contributed by atoms with Crippen LogP contribution in [-0.2, 0) is 9.59 Å². The molecule has 0 aliphatic carbocycles. The number of ether oxygens (including phenoxy) is 2. The summed E-state index contributed by atoms with van der Waals surface area (Å²) in [6.45, 7) is 2.93. The summed E-state index contributed by atoms with van der Waals surface area (Å²) >= 11 is 0. The van der Waals surface area contributed by atoms with Crippen molar-refractivity contribution in [1.29, 1.82) is 0 Å². The lowest BCUT2D eigenvalue weighted by Gasteiger charge is -2.12. The molecule has 2 N–H and O–H groups in total. The number of halogens is 1. The lowest BCUT2D eigenvalue weighted by atomic mass is 10.2. The van der Waals surface area contributed by atoms with Gasteiger partial charge in [-0.15, -0.1) is 0 Å². The van der Waals surface area contributed by atoms with Gasteiger partial charge in [0, 0.05) is 12.6 Å². The van der Waals surface area contributed by atoms with E-state index in [1.807, 2.05) is 13.0 Å². The van der Waals surface area contributed by atoms with Crippen molar-refractivity contribution < 1.29 is 23.5 Å². The van der Waals surface area contributed by atoms with Gasteiger partial charge in [-0.2, -0.15) is 0 Å². The quantitative estimate of drug-likeness (QED) is 0.843. The molecule has 7 heteroatoms. The van der Waals surface area contributed by atoms with Gasteiger partial charge in [0.25, 0.3) is 5.91 Å². The third kappa shape index (κ3) is 5.20. The van der Waals surface area contributed by atoms with E-state index in [0.29, 0.717) is 17.2 Å². The van der Waals surface area contributed by atoms with Crippen LogP contribution >= 0.6 is 0 Å². The molecule has 0 saturated heterocycles. The summed E-state index contributed by atoms with van der Waals surface area (Å²) in [7, 11) is 1.50. The minimum absolute atomic E-state index is 0.0456. The first-order valence-electron chi connectivity index (χ1n) is 7.53. The van der Waals surface area contributed by atoms with Crippen LogP contribution in [0.4, 0.5) is 15.8 Å². The van der Waals surface area contributed by atoms with E-state index < -0.39 is 11.7 Å². The number of rotatable bonds is 6. The molecule has 0 fully saturated rings. The standard InChI is InChI=1S/C18H19FN2O4/c1-11-4-7-16(17(8-11)24-3)25-10-18(23)21-15-9-13(20-12(2)22)5-6-14(15)19/h4-9H,10H2,1-3H3,(H,20,22)(H,21,23). The van der Waals surface area contributed by atoms with Gasteiger partial charge in [-0.3, -0.25) is 9.59 Å². The van der Waals surface area contributed by atoms with E-state index in [0.717, 1.165) is 11.6 Å². The van der Waals surface area contributed by atoms with Crippen LogP contribution in [0.5, 0.6) is 11.5 Å². The lowest BCUT2D eigenvalue weighted by molar-refractivity contribution is -0.118. The van der Waals surface area contributed by atoms with Crippen LogP contribution in [0.1, 0.15) is 12.5 Å². The van der Waals surface area contributed by atoms with Gasteiger partial charge in [0.1, 0.15) is 5.82 Å². The Morgan fingerprint density at radius 3 is 2.52 bits per heavy atom. The molecule has 2 aromatic carbocycles. The van der Waals surface area contributed by atoms with E-state index in [1.54, 1.807) is 12.1 Å². The van der Waals surface area contributed by atoms with Gasteiger partial charge in [-0.1, -0.05) is 6.07 Å². The molecule has 25 heavy (non-hydrogen) atoms. The minimum Gasteiger partial charge on any atom is -0.493 e. The van der Waals surface area contributed by atoms with Crippen LogP contribution in [-0.4, -0.2) is 25.5 Å².